The van der Waals surface area contributed by atoms with Gasteiger partial charge in [-0.1, -0.05) is 6.42 Å². The second-order valence-corrected chi connectivity index (χ2v) is 4.87. The fourth-order valence-corrected chi connectivity index (χ4v) is 2.25. The molecule has 1 aliphatic rings. The first-order valence-corrected chi connectivity index (χ1v) is 6.54. The van der Waals surface area contributed by atoms with Crippen LogP contribution in [0.5, 0.6) is 0 Å². The number of carboxylic acid groups (broad SMARTS) is 1. The fourth-order valence-electron chi connectivity index (χ4n) is 2.25. The molecular formula is C12H21N3O4. The van der Waals surface area contributed by atoms with Crippen LogP contribution in [0.25, 0.3) is 0 Å². The van der Waals surface area contributed by atoms with E-state index in [9.17, 15) is 14.4 Å². The number of amides is 3. The summed E-state index contributed by atoms with van der Waals surface area (Å²) in [5.74, 6) is -1.55. The molecule has 0 aromatic rings. The molecule has 7 nitrogen and oxygen atoms in total. The van der Waals surface area contributed by atoms with Crippen LogP contribution in [0.3, 0.4) is 0 Å². The molecule has 0 heterocycles. The Labute approximate surface area is 111 Å². The monoisotopic (exact) mass is 271 g/mol. The SMILES string of the molecule is NC(=O)CCCNC(=O)NC1CCCC(C(=O)O)C1. The van der Waals surface area contributed by atoms with Crippen LogP contribution in [0.15, 0.2) is 0 Å². The van der Waals surface area contributed by atoms with Crippen molar-refractivity contribution >= 4 is 17.9 Å². The van der Waals surface area contributed by atoms with E-state index in [2.05, 4.69) is 10.6 Å². The Kier molecular flexibility index (Phi) is 6.11. The lowest BCUT2D eigenvalue weighted by Gasteiger charge is -2.27. The first kappa shape index (κ1) is 15.3. The summed E-state index contributed by atoms with van der Waals surface area (Å²) in [5.41, 5.74) is 4.98. The maximum Gasteiger partial charge on any atom is 0.315 e. The zero-order chi connectivity index (χ0) is 14.3. The highest BCUT2D eigenvalue weighted by Crippen LogP contribution is 2.24. The van der Waals surface area contributed by atoms with Crippen molar-refractivity contribution in [3.8, 4) is 0 Å². The third-order valence-electron chi connectivity index (χ3n) is 3.24. The first-order chi connectivity index (χ1) is 8.99. The number of nitrogens with two attached hydrogens (primary N) is 1. The molecule has 0 radical (unpaired) electrons. The molecule has 0 aromatic carbocycles. The summed E-state index contributed by atoms with van der Waals surface area (Å²) in [4.78, 5) is 32.9. The molecule has 19 heavy (non-hydrogen) atoms. The highest BCUT2D eigenvalue weighted by atomic mass is 16.4. The van der Waals surface area contributed by atoms with Gasteiger partial charge in [-0.05, 0) is 25.7 Å². The molecule has 2 atom stereocenters. The molecular weight excluding hydrogens is 250 g/mol. The first-order valence-electron chi connectivity index (χ1n) is 6.54. The van der Waals surface area contributed by atoms with Crippen LogP contribution in [0.1, 0.15) is 38.5 Å². The molecule has 0 aromatic heterocycles. The van der Waals surface area contributed by atoms with Gasteiger partial charge >= 0.3 is 12.0 Å². The molecule has 7 heteroatoms. The number of urea groups is 1. The van der Waals surface area contributed by atoms with Gasteiger partial charge in [0.05, 0.1) is 5.92 Å². The number of carboxylic acids is 1. The smallest absolute Gasteiger partial charge is 0.315 e. The molecule has 1 aliphatic carbocycles. The van der Waals surface area contributed by atoms with Gasteiger partial charge in [0.15, 0.2) is 0 Å². The van der Waals surface area contributed by atoms with Gasteiger partial charge in [-0.25, -0.2) is 4.79 Å². The lowest BCUT2D eigenvalue weighted by molar-refractivity contribution is -0.143. The van der Waals surface area contributed by atoms with Gasteiger partial charge in [0, 0.05) is 19.0 Å². The Morgan fingerprint density at radius 1 is 1.26 bits per heavy atom. The van der Waals surface area contributed by atoms with Crippen molar-refractivity contribution in [2.75, 3.05) is 6.54 Å². The summed E-state index contributed by atoms with van der Waals surface area (Å²) < 4.78 is 0. The van der Waals surface area contributed by atoms with Crippen LogP contribution in [0.2, 0.25) is 0 Å². The van der Waals surface area contributed by atoms with Crippen molar-refractivity contribution in [3.05, 3.63) is 0 Å². The highest BCUT2D eigenvalue weighted by molar-refractivity contribution is 5.75. The van der Waals surface area contributed by atoms with E-state index < -0.39 is 11.9 Å². The summed E-state index contributed by atoms with van der Waals surface area (Å²) in [6, 6.07) is -0.411. The average Bonchev–Trinajstić information content (AvgIpc) is 2.34. The van der Waals surface area contributed by atoms with Crippen molar-refractivity contribution < 1.29 is 19.5 Å². The Bertz CT molecular complexity index is 346. The number of hydrogen-bond acceptors (Lipinski definition) is 3. The van der Waals surface area contributed by atoms with Gasteiger partial charge in [0.25, 0.3) is 0 Å². The van der Waals surface area contributed by atoms with Gasteiger partial charge in [-0.2, -0.15) is 0 Å². The number of aliphatic carboxylic acids is 1. The van der Waals surface area contributed by atoms with Crippen LogP contribution >= 0.6 is 0 Å². The number of primary amides is 1. The van der Waals surface area contributed by atoms with E-state index >= 15 is 0 Å². The summed E-state index contributed by atoms with van der Waals surface area (Å²) in [6.07, 6.45) is 3.51. The van der Waals surface area contributed by atoms with E-state index in [1.165, 1.54) is 0 Å². The van der Waals surface area contributed by atoms with Crippen LogP contribution in [0.4, 0.5) is 4.79 Å². The molecule has 3 amide bonds. The Morgan fingerprint density at radius 3 is 2.63 bits per heavy atom. The number of rotatable bonds is 6. The van der Waals surface area contributed by atoms with E-state index in [1.807, 2.05) is 0 Å². The van der Waals surface area contributed by atoms with E-state index in [1.54, 1.807) is 0 Å². The predicted octanol–water partition coefficient (Wildman–Crippen LogP) is 0.194. The van der Waals surface area contributed by atoms with Crippen LogP contribution in [0, 0.1) is 5.92 Å². The molecule has 0 spiro atoms. The Balaban J connectivity index is 2.20. The minimum atomic E-state index is -0.798. The minimum Gasteiger partial charge on any atom is -0.481 e. The summed E-state index contributed by atoms with van der Waals surface area (Å²) in [6.45, 7) is 0.379. The zero-order valence-corrected chi connectivity index (χ0v) is 10.9. The molecule has 2 unspecified atom stereocenters. The summed E-state index contributed by atoms with van der Waals surface area (Å²) in [7, 11) is 0. The van der Waals surface area contributed by atoms with Crippen LogP contribution in [-0.2, 0) is 9.59 Å². The van der Waals surface area contributed by atoms with Gasteiger partial charge < -0.3 is 21.5 Å². The average molecular weight is 271 g/mol. The molecule has 1 saturated carbocycles. The number of nitrogens with one attached hydrogen (secondary N) is 2. The molecule has 1 rings (SSSR count). The van der Waals surface area contributed by atoms with Crippen LogP contribution in [-0.4, -0.2) is 35.6 Å². The quantitative estimate of drug-likeness (QED) is 0.515. The van der Waals surface area contributed by atoms with E-state index in [0.717, 1.165) is 12.8 Å². The van der Waals surface area contributed by atoms with Crippen molar-refractivity contribution in [2.45, 2.75) is 44.6 Å². The minimum absolute atomic E-state index is 0.0917. The Hall–Kier alpha value is -1.79. The third kappa shape index (κ3) is 6.08. The van der Waals surface area contributed by atoms with Crippen molar-refractivity contribution in [1.82, 2.24) is 10.6 Å². The summed E-state index contributed by atoms with van der Waals surface area (Å²) >= 11 is 0. The van der Waals surface area contributed by atoms with E-state index in [0.29, 0.717) is 25.8 Å². The molecule has 5 N–H and O–H groups in total. The highest BCUT2D eigenvalue weighted by Gasteiger charge is 2.27. The maximum atomic E-state index is 11.5. The molecule has 108 valence electrons. The standard InChI is InChI=1S/C12H21N3O4/c13-10(16)5-2-6-14-12(19)15-9-4-1-3-8(7-9)11(17)18/h8-9H,1-7H2,(H2,13,16)(H,17,18)(H2,14,15,19). The van der Waals surface area contributed by atoms with Gasteiger partial charge in [-0.15, -0.1) is 0 Å². The van der Waals surface area contributed by atoms with Crippen molar-refractivity contribution in [3.63, 3.8) is 0 Å². The lowest BCUT2D eigenvalue weighted by Crippen LogP contribution is -2.45. The van der Waals surface area contributed by atoms with Crippen molar-refractivity contribution in [2.24, 2.45) is 11.7 Å². The largest absolute Gasteiger partial charge is 0.481 e. The second kappa shape index (κ2) is 7.60. The van der Waals surface area contributed by atoms with Gasteiger partial charge in [0.1, 0.15) is 0 Å². The van der Waals surface area contributed by atoms with Gasteiger partial charge in [0.2, 0.25) is 5.91 Å². The predicted molar refractivity (Wildman–Crippen MR) is 68.3 cm³/mol. The van der Waals surface area contributed by atoms with E-state index in [4.69, 9.17) is 10.8 Å². The third-order valence-corrected chi connectivity index (χ3v) is 3.24. The number of carbonyl (C=O) groups excluding carboxylic acids is 2. The molecule has 0 aliphatic heterocycles. The summed E-state index contributed by atoms with van der Waals surface area (Å²) in [5, 5.41) is 14.3. The Morgan fingerprint density at radius 2 is 2.00 bits per heavy atom. The van der Waals surface area contributed by atoms with Crippen molar-refractivity contribution in [1.29, 1.82) is 0 Å². The van der Waals surface area contributed by atoms with Crippen LogP contribution < -0.4 is 16.4 Å². The number of carbonyl (C=O) groups is 3. The maximum absolute atomic E-state index is 11.5. The molecule has 0 bridgehead atoms. The second-order valence-electron chi connectivity index (χ2n) is 4.87. The van der Waals surface area contributed by atoms with E-state index in [-0.39, 0.29) is 24.4 Å². The lowest BCUT2D eigenvalue weighted by atomic mass is 9.86. The topological polar surface area (TPSA) is 122 Å². The number of hydrogen-bond donors (Lipinski definition) is 4. The van der Waals surface area contributed by atoms with Gasteiger partial charge in [-0.3, -0.25) is 9.59 Å². The zero-order valence-electron chi connectivity index (χ0n) is 10.9. The molecule has 0 saturated heterocycles. The molecule has 1 fully saturated rings. The normalized spacial score (nSPS) is 22.5. The fraction of sp³-hybridized carbons (Fsp3) is 0.750.